The number of aryl methyl sites for hydroxylation is 1. The van der Waals surface area contributed by atoms with Crippen molar-refractivity contribution in [3.05, 3.63) is 89.5 Å². The minimum absolute atomic E-state index is 0.103. The van der Waals surface area contributed by atoms with Crippen LogP contribution in [0.1, 0.15) is 29.5 Å². The Labute approximate surface area is 212 Å². The van der Waals surface area contributed by atoms with Gasteiger partial charge in [-0.25, -0.2) is 8.42 Å². The zero-order chi connectivity index (χ0) is 25.1. The van der Waals surface area contributed by atoms with E-state index in [0.717, 1.165) is 30.8 Å². The molecular weight excluding hydrogens is 474 g/mol. The third kappa shape index (κ3) is 5.10. The summed E-state index contributed by atoms with van der Waals surface area (Å²) in [6.07, 6.45) is 1.48. The Morgan fingerprint density at radius 1 is 0.944 bits per heavy atom. The average Bonchev–Trinajstić information content (AvgIpc) is 3.40. The van der Waals surface area contributed by atoms with Gasteiger partial charge in [0.2, 0.25) is 0 Å². The van der Waals surface area contributed by atoms with E-state index in [1.807, 2.05) is 25.1 Å². The van der Waals surface area contributed by atoms with Gasteiger partial charge in [-0.05, 0) is 68.2 Å². The highest BCUT2D eigenvalue weighted by Gasteiger charge is 2.37. The van der Waals surface area contributed by atoms with Crippen LogP contribution in [0.15, 0.2) is 77.7 Å². The summed E-state index contributed by atoms with van der Waals surface area (Å²) in [5.41, 5.74) is 3.65. The summed E-state index contributed by atoms with van der Waals surface area (Å²) in [7, 11) is -3.88. The van der Waals surface area contributed by atoms with Gasteiger partial charge in [-0.1, -0.05) is 54.1 Å². The highest BCUT2D eigenvalue weighted by Crippen LogP contribution is 2.36. The first kappa shape index (κ1) is 24.3. The standard InChI is InChI=1S/C28H31N3O4S/c1-21-12-14-24(15-13-21)36(33,34)31-20-27(35-26-11-5-4-10-25(26)31)28(32)29-18-22-8-2-3-9-23(22)19-30-16-6-7-17-30/h2-5,8-15,27H,6-7,16-20H2,1H3,(H,29,32)/t27-/m1/s1. The van der Waals surface area contributed by atoms with Crippen LogP contribution in [0.25, 0.3) is 0 Å². The van der Waals surface area contributed by atoms with Crippen molar-refractivity contribution in [1.82, 2.24) is 10.2 Å². The minimum atomic E-state index is -3.88. The first-order chi connectivity index (χ1) is 17.4. The van der Waals surface area contributed by atoms with Gasteiger partial charge < -0.3 is 10.1 Å². The Kier molecular flexibility index (Phi) is 6.98. The number of ether oxygens (including phenoxy) is 1. The molecule has 2 heterocycles. The summed E-state index contributed by atoms with van der Waals surface area (Å²) in [6, 6.07) is 21.8. The summed E-state index contributed by atoms with van der Waals surface area (Å²) < 4.78 is 34.4. The summed E-state index contributed by atoms with van der Waals surface area (Å²) >= 11 is 0. The molecular formula is C28H31N3O4S. The predicted molar refractivity (Wildman–Crippen MR) is 139 cm³/mol. The maximum absolute atomic E-state index is 13.6. The Hall–Kier alpha value is -3.36. The van der Waals surface area contributed by atoms with E-state index in [0.29, 0.717) is 18.0 Å². The SMILES string of the molecule is Cc1ccc(S(=O)(=O)N2C[C@H](C(=O)NCc3ccccc3CN3CCCC3)Oc3ccccc32)cc1. The van der Waals surface area contributed by atoms with Gasteiger partial charge >= 0.3 is 0 Å². The highest BCUT2D eigenvalue weighted by atomic mass is 32.2. The highest BCUT2D eigenvalue weighted by molar-refractivity contribution is 7.92. The van der Waals surface area contributed by atoms with Gasteiger partial charge in [0.1, 0.15) is 5.75 Å². The zero-order valence-corrected chi connectivity index (χ0v) is 21.2. The zero-order valence-electron chi connectivity index (χ0n) is 20.4. The molecule has 188 valence electrons. The Morgan fingerprint density at radius 3 is 2.36 bits per heavy atom. The lowest BCUT2D eigenvalue weighted by Crippen LogP contribution is -2.50. The fourth-order valence-electron chi connectivity index (χ4n) is 4.77. The van der Waals surface area contributed by atoms with Gasteiger partial charge in [-0.3, -0.25) is 14.0 Å². The lowest BCUT2D eigenvalue weighted by atomic mass is 10.1. The molecule has 1 saturated heterocycles. The molecule has 2 aliphatic rings. The number of carbonyl (C=O) groups excluding carboxylic acids is 1. The van der Waals surface area contributed by atoms with E-state index in [4.69, 9.17) is 4.74 Å². The topological polar surface area (TPSA) is 79.0 Å². The Bertz CT molecular complexity index is 1330. The molecule has 0 spiro atoms. The second-order valence-corrected chi connectivity index (χ2v) is 11.3. The molecule has 0 saturated carbocycles. The lowest BCUT2D eigenvalue weighted by molar-refractivity contribution is -0.127. The first-order valence-electron chi connectivity index (χ1n) is 12.3. The number of sulfonamides is 1. The van der Waals surface area contributed by atoms with E-state index in [9.17, 15) is 13.2 Å². The number of carbonyl (C=O) groups is 1. The molecule has 0 bridgehead atoms. The number of amides is 1. The van der Waals surface area contributed by atoms with Crippen LogP contribution in [-0.2, 0) is 27.9 Å². The van der Waals surface area contributed by atoms with Crippen molar-refractivity contribution in [2.24, 2.45) is 0 Å². The summed E-state index contributed by atoms with van der Waals surface area (Å²) in [5, 5.41) is 2.98. The molecule has 7 nitrogen and oxygen atoms in total. The Morgan fingerprint density at radius 2 is 1.61 bits per heavy atom. The summed E-state index contributed by atoms with van der Waals surface area (Å²) in [5.74, 6) is 0.0265. The maximum atomic E-state index is 13.6. The normalized spacial score (nSPS) is 17.9. The van der Waals surface area contributed by atoms with E-state index >= 15 is 0 Å². The molecule has 1 fully saturated rings. The van der Waals surface area contributed by atoms with Crippen LogP contribution < -0.4 is 14.4 Å². The number of likely N-dealkylation sites (tertiary alicyclic amines) is 1. The quantitative estimate of drug-likeness (QED) is 0.528. The number of nitrogens with one attached hydrogen (secondary N) is 1. The molecule has 3 aromatic rings. The van der Waals surface area contributed by atoms with Crippen LogP contribution in [0.4, 0.5) is 5.69 Å². The number of rotatable bonds is 7. The van der Waals surface area contributed by atoms with Crippen molar-refractivity contribution in [2.45, 2.75) is 43.9 Å². The monoisotopic (exact) mass is 505 g/mol. The summed E-state index contributed by atoms with van der Waals surface area (Å²) in [6.45, 7) is 5.22. The largest absolute Gasteiger partial charge is 0.476 e. The van der Waals surface area contributed by atoms with E-state index in [2.05, 4.69) is 16.3 Å². The molecule has 0 aromatic heterocycles. The third-order valence-corrected chi connectivity index (χ3v) is 8.59. The second kappa shape index (κ2) is 10.3. The van der Waals surface area contributed by atoms with Crippen LogP contribution in [0, 0.1) is 6.92 Å². The molecule has 5 rings (SSSR count). The molecule has 1 atom stereocenters. The van der Waals surface area contributed by atoms with Crippen molar-refractivity contribution in [3.8, 4) is 5.75 Å². The van der Waals surface area contributed by atoms with Gasteiger partial charge in [-0.15, -0.1) is 0 Å². The average molecular weight is 506 g/mol. The number of hydrogen-bond acceptors (Lipinski definition) is 5. The smallest absolute Gasteiger partial charge is 0.264 e. The van der Waals surface area contributed by atoms with Gasteiger partial charge in [0.25, 0.3) is 15.9 Å². The number of anilines is 1. The lowest BCUT2D eigenvalue weighted by Gasteiger charge is -2.34. The first-order valence-corrected chi connectivity index (χ1v) is 13.8. The van der Waals surface area contributed by atoms with Crippen LogP contribution in [0.3, 0.4) is 0 Å². The van der Waals surface area contributed by atoms with Crippen molar-refractivity contribution in [1.29, 1.82) is 0 Å². The number of fused-ring (bicyclic) bond motifs is 1. The van der Waals surface area contributed by atoms with Gasteiger partial charge in [0.05, 0.1) is 17.1 Å². The Balaban J connectivity index is 1.34. The molecule has 1 amide bonds. The van der Waals surface area contributed by atoms with E-state index < -0.39 is 16.1 Å². The van der Waals surface area contributed by atoms with Crippen molar-refractivity contribution < 1.29 is 17.9 Å². The van der Waals surface area contributed by atoms with Crippen LogP contribution in [-0.4, -0.2) is 45.0 Å². The fraction of sp³-hybridized carbons (Fsp3) is 0.321. The van der Waals surface area contributed by atoms with Gasteiger partial charge in [0, 0.05) is 13.1 Å². The van der Waals surface area contributed by atoms with E-state index in [-0.39, 0.29) is 17.3 Å². The van der Waals surface area contributed by atoms with Crippen LogP contribution in [0.2, 0.25) is 0 Å². The van der Waals surface area contributed by atoms with E-state index in [1.165, 1.54) is 22.7 Å². The van der Waals surface area contributed by atoms with Crippen molar-refractivity contribution in [2.75, 3.05) is 23.9 Å². The molecule has 3 aromatic carbocycles. The minimum Gasteiger partial charge on any atom is -0.476 e. The second-order valence-electron chi connectivity index (χ2n) is 9.39. The number of benzene rings is 3. The maximum Gasteiger partial charge on any atom is 0.264 e. The number of hydrogen-bond donors (Lipinski definition) is 1. The van der Waals surface area contributed by atoms with Gasteiger partial charge in [0.15, 0.2) is 6.10 Å². The summed E-state index contributed by atoms with van der Waals surface area (Å²) in [4.78, 5) is 15.8. The van der Waals surface area contributed by atoms with Crippen LogP contribution in [0.5, 0.6) is 5.75 Å². The van der Waals surface area contributed by atoms with E-state index in [1.54, 1.807) is 48.5 Å². The van der Waals surface area contributed by atoms with Crippen molar-refractivity contribution >= 4 is 21.6 Å². The third-order valence-electron chi connectivity index (χ3n) is 6.80. The molecule has 0 radical (unpaired) electrons. The fourth-order valence-corrected chi connectivity index (χ4v) is 6.24. The predicted octanol–water partition coefficient (Wildman–Crippen LogP) is 3.86. The molecule has 36 heavy (non-hydrogen) atoms. The molecule has 0 unspecified atom stereocenters. The van der Waals surface area contributed by atoms with Crippen molar-refractivity contribution in [3.63, 3.8) is 0 Å². The van der Waals surface area contributed by atoms with Crippen LogP contribution >= 0.6 is 0 Å². The molecule has 2 aliphatic heterocycles. The molecule has 1 N–H and O–H groups in total. The van der Waals surface area contributed by atoms with Gasteiger partial charge in [-0.2, -0.15) is 0 Å². The molecule has 8 heteroatoms. The molecule has 0 aliphatic carbocycles. The number of para-hydroxylation sites is 2. The number of nitrogens with zero attached hydrogens (tertiary/aromatic N) is 2.